The second-order valence-electron chi connectivity index (χ2n) is 6.85. The lowest BCUT2D eigenvalue weighted by atomic mass is 9.83. The van der Waals surface area contributed by atoms with Crippen molar-refractivity contribution in [2.75, 3.05) is 6.54 Å². The molecule has 0 aromatic carbocycles. The van der Waals surface area contributed by atoms with Gasteiger partial charge < -0.3 is 9.42 Å². The molecule has 0 N–H and O–H groups in total. The van der Waals surface area contributed by atoms with Crippen molar-refractivity contribution < 1.29 is 9.32 Å². The number of fused-ring (bicyclic) bond motifs is 2. The Morgan fingerprint density at radius 2 is 2.30 bits per heavy atom. The van der Waals surface area contributed by atoms with Crippen molar-refractivity contribution >= 4 is 5.91 Å². The minimum Gasteiger partial charge on any atom is -0.364 e. The van der Waals surface area contributed by atoms with Crippen LogP contribution in [0, 0.1) is 17.8 Å². The van der Waals surface area contributed by atoms with Crippen LogP contribution in [0.15, 0.2) is 16.9 Å². The predicted molar refractivity (Wildman–Crippen MR) is 74.1 cm³/mol. The van der Waals surface area contributed by atoms with Crippen LogP contribution in [-0.2, 0) is 0 Å². The Balaban J connectivity index is 1.43. The summed E-state index contributed by atoms with van der Waals surface area (Å²) in [6.45, 7) is 0.886. The van der Waals surface area contributed by atoms with Crippen molar-refractivity contribution in [1.82, 2.24) is 10.1 Å². The molecule has 1 amide bonds. The molecule has 4 nitrogen and oxygen atoms in total. The molecule has 2 bridgehead atoms. The SMILES string of the molecule is O=C(c1ccon1)N1CCC[C@H]1C[C@@H]1C[C@H]2CC[C@H]1C2. The summed E-state index contributed by atoms with van der Waals surface area (Å²) in [7, 11) is 0. The van der Waals surface area contributed by atoms with Crippen molar-refractivity contribution in [3.8, 4) is 0 Å². The fourth-order valence-electron chi connectivity index (χ4n) is 4.83. The molecule has 4 atom stereocenters. The van der Waals surface area contributed by atoms with Crippen LogP contribution in [0.25, 0.3) is 0 Å². The van der Waals surface area contributed by atoms with Gasteiger partial charge in [0.25, 0.3) is 5.91 Å². The first kappa shape index (κ1) is 12.4. The monoisotopic (exact) mass is 274 g/mol. The molecule has 4 heteroatoms. The molecule has 1 saturated heterocycles. The molecule has 2 saturated carbocycles. The van der Waals surface area contributed by atoms with Crippen LogP contribution in [0.2, 0.25) is 0 Å². The van der Waals surface area contributed by atoms with Crippen molar-refractivity contribution in [2.24, 2.45) is 17.8 Å². The predicted octanol–water partition coefficient (Wildman–Crippen LogP) is 3.11. The number of carbonyl (C=O) groups excluding carboxylic acids is 1. The molecule has 20 heavy (non-hydrogen) atoms. The number of carbonyl (C=O) groups is 1. The molecule has 2 aliphatic carbocycles. The second kappa shape index (κ2) is 4.90. The van der Waals surface area contributed by atoms with Gasteiger partial charge in [0.15, 0.2) is 5.69 Å². The summed E-state index contributed by atoms with van der Waals surface area (Å²) < 4.78 is 4.81. The average molecular weight is 274 g/mol. The average Bonchev–Trinajstić information content (AvgIpc) is 3.23. The third-order valence-corrected chi connectivity index (χ3v) is 5.75. The summed E-state index contributed by atoms with van der Waals surface area (Å²) >= 11 is 0. The van der Waals surface area contributed by atoms with Gasteiger partial charge in [-0.3, -0.25) is 4.79 Å². The zero-order chi connectivity index (χ0) is 13.5. The molecule has 1 aliphatic heterocycles. The van der Waals surface area contributed by atoms with E-state index in [9.17, 15) is 4.79 Å². The van der Waals surface area contributed by atoms with E-state index in [0.717, 1.165) is 37.1 Å². The van der Waals surface area contributed by atoms with Gasteiger partial charge in [0, 0.05) is 18.7 Å². The van der Waals surface area contributed by atoms with E-state index in [1.54, 1.807) is 6.07 Å². The Labute approximate surface area is 119 Å². The molecule has 0 unspecified atom stereocenters. The third-order valence-electron chi connectivity index (χ3n) is 5.75. The molecular formula is C16H22N2O2. The van der Waals surface area contributed by atoms with Crippen molar-refractivity contribution in [1.29, 1.82) is 0 Å². The lowest BCUT2D eigenvalue weighted by Crippen LogP contribution is -2.37. The Morgan fingerprint density at radius 1 is 1.35 bits per heavy atom. The molecule has 1 aromatic heterocycles. The Hall–Kier alpha value is -1.32. The van der Waals surface area contributed by atoms with Gasteiger partial charge in [-0.15, -0.1) is 0 Å². The first-order valence-electron chi connectivity index (χ1n) is 8.02. The zero-order valence-electron chi connectivity index (χ0n) is 11.8. The van der Waals surface area contributed by atoms with Gasteiger partial charge in [0.1, 0.15) is 6.26 Å². The largest absolute Gasteiger partial charge is 0.364 e. The summed E-state index contributed by atoms with van der Waals surface area (Å²) in [5, 5.41) is 3.80. The van der Waals surface area contributed by atoms with Crippen molar-refractivity contribution in [3.05, 3.63) is 18.0 Å². The number of hydrogen-bond donors (Lipinski definition) is 0. The van der Waals surface area contributed by atoms with E-state index >= 15 is 0 Å². The van der Waals surface area contributed by atoms with Crippen LogP contribution in [-0.4, -0.2) is 28.6 Å². The topological polar surface area (TPSA) is 46.3 Å². The number of aromatic nitrogens is 1. The summed E-state index contributed by atoms with van der Waals surface area (Å²) in [4.78, 5) is 14.5. The number of amides is 1. The van der Waals surface area contributed by atoms with Crippen molar-refractivity contribution in [2.45, 2.75) is 51.0 Å². The van der Waals surface area contributed by atoms with Crippen LogP contribution in [0.1, 0.15) is 55.4 Å². The van der Waals surface area contributed by atoms with Gasteiger partial charge in [-0.1, -0.05) is 11.6 Å². The van der Waals surface area contributed by atoms with E-state index in [1.165, 1.54) is 38.4 Å². The highest BCUT2D eigenvalue weighted by atomic mass is 16.5. The smallest absolute Gasteiger partial charge is 0.276 e. The minimum atomic E-state index is 0.0596. The lowest BCUT2D eigenvalue weighted by molar-refractivity contribution is 0.0697. The van der Waals surface area contributed by atoms with Gasteiger partial charge in [0.2, 0.25) is 0 Å². The molecule has 3 aliphatic rings. The molecule has 2 heterocycles. The number of rotatable bonds is 3. The van der Waals surface area contributed by atoms with Crippen molar-refractivity contribution in [3.63, 3.8) is 0 Å². The maximum atomic E-state index is 12.5. The van der Waals surface area contributed by atoms with Crippen LogP contribution in [0.5, 0.6) is 0 Å². The fourth-order valence-corrected chi connectivity index (χ4v) is 4.83. The Morgan fingerprint density at radius 3 is 3.00 bits per heavy atom. The molecule has 4 rings (SSSR count). The first-order chi connectivity index (χ1) is 9.81. The van der Waals surface area contributed by atoms with Crippen LogP contribution < -0.4 is 0 Å². The summed E-state index contributed by atoms with van der Waals surface area (Å²) in [6.07, 6.45) is 10.7. The highest BCUT2D eigenvalue weighted by Crippen LogP contribution is 2.50. The summed E-state index contributed by atoms with van der Waals surface area (Å²) in [5.74, 6) is 2.87. The summed E-state index contributed by atoms with van der Waals surface area (Å²) in [5.41, 5.74) is 0.463. The maximum Gasteiger partial charge on any atom is 0.276 e. The maximum absolute atomic E-state index is 12.5. The zero-order valence-corrected chi connectivity index (χ0v) is 11.8. The fraction of sp³-hybridized carbons (Fsp3) is 0.750. The van der Waals surface area contributed by atoms with Crippen LogP contribution in [0.3, 0.4) is 0 Å². The number of hydrogen-bond acceptors (Lipinski definition) is 3. The van der Waals surface area contributed by atoms with E-state index in [2.05, 4.69) is 5.16 Å². The number of likely N-dealkylation sites (tertiary alicyclic amines) is 1. The second-order valence-corrected chi connectivity index (χ2v) is 6.85. The minimum absolute atomic E-state index is 0.0596. The van der Waals surface area contributed by atoms with Gasteiger partial charge in [-0.2, -0.15) is 0 Å². The molecule has 0 radical (unpaired) electrons. The van der Waals surface area contributed by atoms with Crippen LogP contribution in [0.4, 0.5) is 0 Å². The van der Waals surface area contributed by atoms with Gasteiger partial charge in [-0.05, 0) is 56.3 Å². The standard InChI is InChI=1S/C16H22N2O2/c19-16(15-5-7-20-17-15)18-6-1-2-14(18)10-13-9-11-3-4-12(13)8-11/h5,7,11-14H,1-4,6,8-10H2/t11-,12-,13-,14-/m0/s1. The highest BCUT2D eigenvalue weighted by molar-refractivity contribution is 5.92. The molecular weight excluding hydrogens is 252 g/mol. The van der Waals surface area contributed by atoms with E-state index in [-0.39, 0.29) is 5.91 Å². The molecule has 1 aromatic rings. The third kappa shape index (κ3) is 2.05. The van der Waals surface area contributed by atoms with E-state index in [0.29, 0.717) is 11.7 Å². The normalized spacial score (nSPS) is 35.9. The van der Waals surface area contributed by atoms with E-state index in [4.69, 9.17) is 4.52 Å². The Bertz CT molecular complexity index is 485. The van der Waals surface area contributed by atoms with Gasteiger partial charge >= 0.3 is 0 Å². The molecule has 108 valence electrons. The van der Waals surface area contributed by atoms with E-state index in [1.807, 2.05) is 4.90 Å². The molecule has 3 fully saturated rings. The van der Waals surface area contributed by atoms with Gasteiger partial charge in [0.05, 0.1) is 0 Å². The summed E-state index contributed by atoms with van der Waals surface area (Å²) in [6, 6.07) is 2.11. The molecule has 0 spiro atoms. The van der Waals surface area contributed by atoms with E-state index < -0.39 is 0 Å². The Kier molecular flexibility index (Phi) is 3.04. The van der Waals surface area contributed by atoms with Gasteiger partial charge in [-0.25, -0.2) is 0 Å². The first-order valence-corrected chi connectivity index (χ1v) is 8.02. The number of nitrogens with zero attached hydrogens (tertiary/aromatic N) is 2. The quantitative estimate of drug-likeness (QED) is 0.850. The van der Waals surface area contributed by atoms with Crippen LogP contribution >= 0.6 is 0 Å². The highest BCUT2D eigenvalue weighted by Gasteiger charge is 2.42. The lowest BCUT2D eigenvalue weighted by Gasteiger charge is -2.29.